The monoisotopic (exact) mass is 324 g/mol. The standard InChI is InChI=1S/C14H10ClFN2O2S/c1-21(19,20)12-4-2-3-11-13(12)18-14(17-11)8-5-6-10(16)9(15)7-8/h2-7H,1H3,(H,17,18). The fourth-order valence-corrected chi connectivity index (χ4v) is 3.10. The van der Waals surface area contributed by atoms with Crippen LogP contribution in [0.15, 0.2) is 41.3 Å². The molecular weight excluding hydrogens is 315 g/mol. The summed E-state index contributed by atoms with van der Waals surface area (Å²) in [6.45, 7) is 0. The van der Waals surface area contributed by atoms with Crippen molar-refractivity contribution < 1.29 is 12.8 Å². The van der Waals surface area contributed by atoms with Gasteiger partial charge < -0.3 is 4.98 Å². The highest BCUT2D eigenvalue weighted by Crippen LogP contribution is 2.27. The third-order valence-electron chi connectivity index (χ3n) is 3.07. The van der Waals surface area contributed by atoms with E-state index in [1.807, 2.05) is 0 Å². The van der Waals surface area contributed by atoms with Crippen LogP contribution in [0.25, 0.3) is 22.4 Å². The molecule has 1 N–H and O–H groups in total. The van der Waals surface area contributed by atoms with Gasteiger partial charge in [0.1, 0.15) is 17.2 Å². The topological polar surface area (TPSA) is 62.8 Å². The van der Waals surface area contributed by atoms with Gasteiger partial charge in [0.15, 0.2) is 9.84 Å². The molecule has 108 valence electrons. The molecule has 3 aromatic rings. The minimum absolute atomic E-state index is 0.0173. The van der Waals surface area contributed by atoms with E-state index in [2.05, 4.69) is 9.97 Å². The molecule has 0 spiro atoms. The zero-order valence-corrected chi connectivity index (χ0v) is 12.5. The molecule has 7 heteroatoms. The number of benzene rings is 2. The van der Waals surface area contributed by atoms with Crippen LogP contribution in [-0.2, 0) is 9.84 Å². The van der Waals surface area contributed by atoms with E-state index in [-0.39, 0.29) is 9.92 Å². The number of nitrogens with zero attached hydrogens (tertiary/aromatic N) is 1. The lowest BCUT2D eigenvalue weighted by molar-refractivity contribution is 0.602. The molecule has 0 radical (unpaired) electrons. The smallest absolute Gasteiger partial charge is 0.177 e. The van der Waals surface area contributed by atoms with Crippen molar-refractivity contribution in [1.29, 1.82) is 0 Å². The molecule has 0 atom stereocenters. The van der Waals surface area contributed by atoms with Gasteiger partial charge in [-0.25, -0.2) is 17.8 Å². The molecule has 0 aliphatic rings. The Labute approximate surface area is 125 Å². The normalized spacial score (nSPS) is 12.0. The Morgan fingerprint density at radius 1 is 1.24 bits per heavy atom. The van der Waals surface area contributed by atoms with Crippen molar-refractivity contribution in [3.8, 4) is 11.4 Å². The first-order valence-electron chi connectivity index (χ1n) is 6.00. The maximum absolute atomic E-state index is 13.2. The van der Waals surface area contributed by atoms with Gasteiger partial charge in [-0.3, -0.25) is 0 Å². The second kappa shape index (κ2) is 4.82. The van der Waals surface area contributed by atoms with Crippen molar-refractivity contribution in [2.45, 2.75) is 4.90 Å². The SMILES string of the molecule is CS(=O)(=O)c1cccc2[nH]c(-c3ccc(F)c(Cl)c3)nc12. The Balaban J connectivity index is 2.24. The first-order chi connectivity index (χ1) is 9.86. The van der Waals surface area contributed by atoms with E-state index in [9.17, 15) is 12.8 Å². The highest BCUT2D eigenvalue weighted by Gasteiger charge is 2.16. The molecule has 1 heterocycles. The summed E-state index contributed by atoms with van der Waals surface area (Å²) >= 11 is 5.75. The summed E-state index contributed by atoms with van der Waals surface area (Å²) < 4.78 is 36.7. The number of nitrogens with one attached hydrogen (secondary N) is 1. The summed E-state index contributed by atoms with van der Waals surface area (Å²) in [5.74, 6) is -0.0867. The molecule has 1 aromatic heterocycles. The molecule has 0 bridgehead atoms. The van der Waals surface area contributed by atoms with Gasteiger partial charge in [0, 0.05) is 11.8 Å². The van der Waals surface area contributed by atoms with Gasteiger partial charge >= 0.3 is 0 Å². The average molecular weight is 325 g/mol. The number of sulfone groups is 1. The van der Waals surface area contributed by atoms with Crippen molar-refractivity contribution >= 4 is 32.5 Å². The van der Waals surface area contributed by atoms with E-state index in [0.717, 1.165) is 6.26 Å². The fourth-order valence-electron chi connectivity index (χ4n) is 2.09. The molecule has 21 heavy (non-hydrogen) atoms. The molecule has 0 unspecified atom stereocenters. The Morgan fingerprint density at radius 2 is 2.00 bits per heavy atom. The summed E-state index contributed by atoms with van der Waals surface area (Å²) in [7, 11) is -3.38. The van der Waals surface area contributed by atoms with Gasteiger partial charge in [0.2, 0.25) is 0 Å². The molecule has 0 aliphatic carbocycles. The maximum atomic E-state index is 13.2. The second-order valence-corrected chi connectivity index (χ2v) is 7.03. The molecule has 0 saturated heterocycles. The molecule has 4 nitrogen and oxygen atoms in total. The molecule has 0 amide bonds. The summed E-state index contributed by atoms with van der Waals surface area (Å²) in [6, 6.07) is 9.07. The van der Waals surface area contributed by atoms with Crippen LogP contribution in [0.2, 0.25) is 5.02 Å². The van der Waals surface area contributed by atoms with Crippen molar-refractivity contribution in [3.05, 3.63) is 47.2 Å². The molecule has 0 fully saturated rings. The highest BCUT2D eigenvalue weighted by molar-refractivity contribution is 7.91. The van der Waals surface area contributed by atoms with Crippen LogP contribution < -0.4 is 0 Å². The Kier molecular flexibility index (Phi) is 3.22. The van der Waals surface area contributed by atoms with E-state index < -0.39 is 15.7 Å². The molecular formula is C14H10ClFN2O2S. The number of halogens is 2. The number of H-pyrrole nitrogens is 1. The van der Waals surface area contributed by atoms with Crippen LogP contribution in [0.5, 0.6) is 0 Å². The van der Waals surface area contributed by atoms with Gasteiger partial charge in [-0.05, 0) is 30.3 Å². The van der Waals surface area contributed by atoms with Crippen LogP contribution >= 0.6 is 11.6 Å². The minimum Gasteiger partial charge on any atom is -0.338 e. The first kappa shape index (κ1) is 14.0. The van der Waals surface area contributed by atoms with Crippen LogP contribution in [0.4, 0.5) is 4.39 Å². The zero-order chi connectivity index (χ0) is 15.2. The predicted octanol–water partition coefficient (Wildman–Crippen LogP) is 3.43. The Morgan fingerprint density at radius 3 is 2.67 bits per heavy atom. The predicted molar refractivity (Wildman–Crippen MR) is 79.6 cm³/mol. The summed E-state index contributed by atoms with van der Waals surface area (Å²) in [6.07, 6.45) is 1.13. The van der Waals surface area contributed by atoms with Gasteiger partial charge in [-0.2, -0.15) is 0 Å². The van der Waals surface area contributed by atoms with Crippen LogP contribution in [0.1, 0.15) is 0 Å². The van der Waals surface area contributed by atoms with E-state index in [1.54, 1.807) is 12.1 Å². The van der Waals surface area contributed by atoms with E-state index >= 15 is 0 Å². The van der Waals surface area contributed by atoms with Crippen molar-refractivity contribution in [1.82, 2.24) is 9.97 Å². The second-order valence-electron chi connectivity index (χ2n) is 4.64. The van der Waals surface area contributed by atoms with Gasteiger partial charge in [0.25, 0.3) is 0 Å². The van der Waals surface area contributed by atoms with Crippen molar-refractivity contribution in [2.75, 3.05) is 6.26 Å². The highest BCUT2D eigenvalue weighted by atomic mass is 35.5. The average Bonchev–Trinajstić information content (AvgIpc) is 2.84. The molecule has 3 rings (SSSR count). The van der Waals surface area contributed by atoms with Crippen LogP contribution in [-0.4, -0.2) is 24.6 Å². The summed E-state index contributed by atoms with van der Waals surface area (Å²) in [5, 5.41) is -0.0173. The van der Waals surface area contributed by atoms with Gasteiger partial charge in [-0.15, -0.1) is 0 Å². The van der Waals surface area contributed by atoms with Gasteiger partial charge in [0.05, 0.1) is 15.4 Å². The first-order valence-corrected chi connectivity index (χ1v) is 8.27. The van der Waals surface area contributed by atoms with Crippen molar-refractivity contribution in [2.24, 2.45) is 0 Å². The third-order valence-corrected chi connectivity index (χ3v) is 4.49. The third kappa shape index (κ3) is 2.52. The molecule has 0 saturated carbocycles. The molecule has 2 aromatic carbocycles. The zero-order valence-electron chi connectivity index (χ0n) is 10.9. The minimum atomic E-state index is -3.38. The summed E-state index contributed by atoms with van der Waals surface area (Å²) in [4.78, 5) is 7.47. The van der Waals surface area contributed by atoms with Crippen LogP contribution in [0.3, 0.4) is 0 Å². The number of aromatic nitrogens is 2. The number of aromatic amines is 1. The van der Waals surface area contributed by atoms with E-state index in [0.29, 0.717) is 22.4 Å². The number of para-hydroxylation sites is 1. The Bertz CT molecular complexity index is 951. The quantitative estimate of drug-likeness (QED) is 0.785. The van der Waals surface area contributed by atoms with E-state index in [1.165, 1.54) is 24.3 Å². The fraction of sp³-hybridized carbons (Fsp3) is 0.0714. The lowest BCUT2D eigenvalue weighted by Crippen LogP contribution is -1.97. The number of rotatable bonds is 2. The Hall–Kier alpha value is -1.92. The van der Waals surface area contributed by atoms with Crippen molar-refractivity contribution in [3.63, 3.8) is 0 Å². The van der Waals surface area contributed by atoms with Gasteiger partial charge in [-0.1, -0.05) is 17.7 Å². The largest absolute Gasteiger partial charge is 0.338 e. The number of hydrogen-bond donors (Lipinski definition) is 1. The number of hydrogen-bond acceptors (Lipinski definition) is 3. The lowest BCUT2D eigenvalue weighted by atomic mass is 10.2. The lowest BCUT2D eigenvalue weighted by Gasteiger charge is -1.98. The maximum Gasteiger partial charge on any atom is 0.177 e. The molecule has 0 aliphatic heterocycles. The van der Waals surface area contributed by atoms with E-state index in [4.69, 9.17) is 11.6 Å². The number of imidazole rings is 1. The van der Waals surface area contributed by atoms with Crippen LogP contribution in [0, 0.1) is 5.82 Å². The summed E-state index contributed by atoms with van der Waals surface area (Å²) in [5.41, 5.74) is 1.53. The number of fused-ring (bicyclic) bond motifs is 1.